The van der Waals surface area contributed by atoms with E-state index >= 15 is 0 Å². The van der Waals surface area contributed by atoms with Crippen molar-refractivity contribution >= 4 is 10.0 Å². The Hall–Kier alpha value is -0.140. The molecule has 5 heteroatoms. The normalized spacial score (nSPS) is 10.9. The van der Waals surface area contributed by atoms with E-state index in [9.17, 15) is 8.42 Å². The van der Waals surface area contributed by atoms with Gasteiger partial charge in [0.05, 0.1) is 4.90 Å². The van der Waals surface area contributed by atoms with E-state index in [1.165, 1.54) is 0 Å². The van der Waals surface area contributed by atoms with Crippen molar-refractivity contribution in [2.24, 2.45) is 0 Å². The number of unbranched alkanes of at least 4 members (excludes halogenated alkanes) is 1. The number of rotatable bonds is 5. The van der Waals surface area contributed by atoms with Gasteiger partial charge in [0, 0.05) is 6.54 Å². The van der Waals surface area contributed by atoms with Gasteiger partial charge < -0.3 is 24.0 Å². The van der Waals surface area contributed by atoms with Crippen LogP contribution in [0.1, 0.15) is 25.3 Å². The van der Waals surface area contributed by atoms with E-state index < -0.39 is 10.0 Å². The van der Waals surface area contributed by atoms with Gasteiger partial charge in [-0.3, -0.25) is 0 Å². The first-order chi connectivity index (χ1) is 7.06. The van der Waals surface area contributed by atoms with E-state index in [0.717, 1.165) is 18.4 Å². The van der Waals surface area contributed by atoms with Gasteiger partial charge in [-0.05, 0) is 25.5 Å². The van der Waals surface area contributed by atoms with Gasteiger partial charge >= 0.3 is 0 Å². The third-order valence-corrected chi connectivity index (χ3v) is 3.63. The van der Waals surface area contributed by atoms with Gasteiger partial charge in [-0.1, -0.05) is 31.0 Å². The zero-order chi connectivity index (χ0) is 11.3. The molecule has 1 rings (SSSR count). The summed E-state index contributed by atoms with van der Waals surface area (Å²) in [5, 5.41) is 0. The van der Waals surface area contributed by atoms with Gasteiger partial charge in [0.15, 0.2) is 0 Å². The molecule has 92 valence electrons. The number of nitrogens with one attached hydrogen (secondary N) is 1. The Morgan fingerprint density at radius 3 is 2.25 bits per heavy atom. The van der Waals surface area contributed by atoms with Crippen LogP contribution in [-0.2, 0) is 10.0 Å². The topological polar surface area (TPSA) is 46.2 Å². The second-order valence-electron chi connectivity index (χ2n) is 3.56. The van der Waals surface area contributed by atoms with Crippen molar-refractivity contribution in [2.45, 2.75) is 31.6 Å². The van der Waals surface area contributed by atoms with Gasteiger partial charge in [-0.15, -0.1) is 0 Å². The highest BCUT2D eigenvalue weighted by molar-refractivity contribution is 7.89. The summed E-state index contributed by atoms with van der Waals surface area (Å²) in [4.78, 5) is 0.337. The molecule has 0 saturated heterocycles. The molecule has 1 N–H and O–H groups in total. The Labute approximate surface area is 115 Å². The molecule has 0 bridgehead atoms. The monoisotopic (exact) mass is 354 g/mol. The van der Waals surface area contributed by atoms with Crippen LogP contribution < -0.4 is 28.7 Å². The molecule has 0 unspecified atom stereocenters. The molecule has 0 fully saturated rings. The molecule has 0 radical (unpaired) electrons. The smallest absolute Gasteiger partial charge is 0.240 e. The first kappa shape index (κ1) is 15.9. The molecule has 0 spiro atoms. The van der Waals surface area contributed by atoms with Crippen molar-refractivity contribution in [3.63, 3.8) is 0 Å². The van der Waals surface area contributed by atoms with E-state index in [4.69, 9.17) is 0 Å². The van der Waals surface area contributed by atoms with Gasteiger partial charge in [-0.2, -0.15) is 0 Å². The van der Waals surface area contributed by atoms with Crippen molar-refractivity contribution in [2.75, 3.05) is 6.54 Å². The summed E-state index contributed by atoms with van der Waals surface area (Å²) >= 11 is 0. The van der Waals surface area contributed by atoms with Crippen LogP contribution in [0.3, 0.4) is 0 Å². The lowest BCUT2D eigenvalue weighted by atomic mass is 10.2. The average molecular weight is 354 g/mol. The summed E-state index contributed by atoms with van der Waals surface area (Å²) in [6.45, 7) is 4.47. The summed E-state index contributed by atoms with van der Waals surface area (Å²) in [6.07, 6.45) is 1.85. The molecule has 0 atom stereocenters. The highest BCUT2D eigenvalue weighted by Crippen LogP contribution is 2.09. The van der Waals surface area contributed by atoms with Crippen LogP contribution in [0.2, 0.25) is 0 Å². The largest absolute Gasteiger partial charge is 1.00 e. The molecule has 1 aromatic rings. The highest BCUT2D eigenvalue weighted by Gasteiger charge is 2.11. The summed E-state index contributed by atoms with van der Waals surface area (Å²) in [6, 6.07) is 6.86. The van der Waals surface area contributed by atoms with E-state index in [1.54, 1.807) is 24.3 Å². The first-order valence-corrected chi connectivity index (χ1v) is 6.61. The summed E-state index contributed by atoms with van der Waals surface area (Å²) in [7, 11) is -3.30. The molecule has 0 aromatic heterocycles. The third-order valence-electron chi connectivity index (χ3n) is 2.15. The van der Waals surface area contributed by atoms with E-state index in [0.29, 0.717) is 11.4 Å². The Morgan fingerprint density at radius 2 is 1.75 bits per heavy atom. The zero-order valence-corrected chi connectivity index (χ0v) is 12.5. The minimum atomic E-state index is -3.30. The summed E-state index contributed by atoms with van der Waals surface area (Å²) in [5.74, 6) is 0. The van der Waals surface area contributed by atoms with Crippen LogP contribution >= 0.6 is 0 Å². The van der Waals surface area contributed by atoms with Crippen molar-refractivity contribution in [3.8, 4) is 0 Å². The molecule has 0 saturated carbocycles. The van der Waals surface area contributed by atoms with Crippen molar-refractivity contribution in [3.05, 3.63) is 29.8 Å². The van der Waals surface area contributed by atoms with E-state index in [-0.39, 0.29) is 24.0 Å². The van der Waals surface area contributed by atoms with E-state index in [1.807, 2.05) is 13.8 Å². The molecule has 1 aromatic carbocycles. The predicted octanol–water partition coefficient (Wildman–Crippen LogP) is -0.923. The molecular formula is C11H17INO2S-. The molecule has 0 heterocycles. The maximum atomic E-state index is 11.7. The van der Waals surface area contributed by atoms with Gasteiger partial charge in [-0.25, -0.2) is 13.1 Å². The summed E-state index contributed by atoms with van der Waals surface area (Å²) in [5.41, 5.74) is 1.06. The standard InChI is InChI=1S/C11H17NO2S.HI/c1-3-4-9-12-15(13,14)11-7-5-10(2)6-8-11;/h5-8,12H,3-4,9H2,1-2H3;1H/p-1. The second-order valence-corrected chi connectivity index (χ2v) is 5.33. The van der Waals surface area contributed by atoms with Crippen molar-refractivity contribution in [1.29, 1.82) is 0 Å². The highest BCUT2D eigenvalue weighted by atomic mass is 127. The third kappa shape index (κ3) is 4.80. The van der Waals surface area contributed by atoms with Crippen LogP contribution in [0.5, 0.6) is 0 Å². The Balaban J connectivity index is 0.00000225. The molecular weight excluding hydrogens is 337 g/mol. The lowest BCUT2D eigenvalue weighted by molar-refractivity contribution is -0.00000583. The van der Waals surface area contributed by atoms with Crippen LogP contribution in [0.4, 0.5) is 0 Å². The quantitative estimate of drug-likeness (QED) is 0.549. The molecule has 0 amide bonds. The Bertz CT molecular complexity index is 400. The van der Waals surface area contributed by atoms with Crippen molar-refractivity contribution in [1.82, 2.24) is 4.72 Å². The maximum Gasteiger partial charge on any atom is 0.240 e. The fraction of sp³-hybridized carbons (Fsp3) is 0.455. The number of sulfonamides is 1. The maximum absolute atomic E-state index is 11.7. The number of hydrogen-bond acceptors (Lipinski definition) is 2. The molecule has 3 nitrogen and oxygen atoms in total. The molecule has 16 heavy (non-hydrogen) atoms. The number of hydrogen-bond donors (Lipinski definition) is 1. The van der Waals surface area contributed by atoms with Gasteiger partial charge in [0.1, 0.15) is 0 Å². The minimum absolute atomic E-state index is 0. The molecule has 0 aliphatic rings. The van der Waals surface area contributed by atoms with Crippen LogP contribution in [-0.4, -0.2) is 15.0 Å². The lowest BCUT2D eigenvalue weighted by Gasteiger charge is -2.05. The number of benzene rings is 1. The van der Waals surface area contributed by atoms with Crippen molar-refractivity contribution < 1.29 is 32.4 Å². The fourth-order valence-corrected chi connectivity index (χ4v) is 2.26. The first-order valence-electron chi connectivity index (χ1n) is 5.12. The molecule has 0 aliphatic heterocycles. The van der Waals surface area contributed by atoms with Gasteiger partial charge in [0.2, 0.25) is 10.0 Å². The van der Waals surface area contributed by atoms with Crippen LogP contribution in [0, 0.1) is 6.92 Å². The Morgan fingerprint density at radius 1 is 1.19 bits per heavy atom. The van der Waals surface area contributed by atoms with Crippen LogP contribution in [0.25, 0.3) is 0 Å². The molecule has 0 aliphatic carbocycles. The number of halogens is 1. The van der Waals surface area contributed by atoms with Crippen LogP contribution in [0.15, 0.2) is 29.2 Å². The zero-order valence-electron chi connectivity index (χ0n) is 9.53. The number of aryl methyl sites for hydroxylation is 1. The minimum Gasteiger partial charge on any atom is -1.00 e. The average Bonchev–Trinajstić information content (AvgIpc) is 2.18. The fourth-order valence-electron chi connectivity index (χ4n) is 1.18. The van der Waals surface area contributed by atoms with E-state index in [2.05, 4.69) is 4.72 Å². The SMILES string of the molecule is CCCCNS(=O)(=O)c1ccc(C)cc1.[I-]. The second kappa shape index (κ2) is 7.24. The predicted molar refractivity (Wildman–Crippen MR) is 61.3 cm³/mol. The lowest BCUT2D eigenvalue weighted by Crippen LogP contribution is -3.00. The van der Waals surface area contributed by atoms with Gasteiger partial charge in [0.25, 0.3) is 0 Å². The Kier molecular flexibility index (Phi) is 7.17. The summed E-state index contributed by atoms with van der Waals surface area (Å²) < 4.78 is 26.0.